The standard InChI is InChI=1S/C24H30N6O2S/c1-33(31,32)20-5-3-2-4-16(20)12-27-23-28-13-19(11-25)22(30-23)29-14-24-8-15-6-17(9-24)21(26)18(7-15)10-24/h2-5,13,15,17-18,21H,6-10,12,14,26H2,1H3,(H2,27,28,29,30)/t15?,17-,18+,21?,24?. The number of nitrogens with zero attached hydrogens (tertiary/aromatic N) is 3. The molecule has 4 aliphatic carbocycles. The fourth-order valence-corrected chi connectivity index (χ4v) is 7.53. The zero-order valence-electron chi connectivity index (χ0n) is 18.8. The molecule has 4 N–H and O–H groups in total. The van der Waals surface area contributed by atoms with E-state index in [0.29, 0.717) is 40.8 Å². The van der Waals surface area contributed by atoms with Crippen molar-refractivity contribution in [2.45, 2.75) is 49.6 Å². The lowest BCUT2D eigenvalue weighted by Gasteiger charge is -2.59. The molecule has 0 amide bonds. The minimum atomic E-state index is -3.34. The average Bonchev–Trinajstić information content (AvgIpc) is 2.79. The summed E-state index contributed by atoms with van der Waals surface area (Å²) in [4.78, 5) is 9.09. The topological polar surface area (TPSA) is 134 Å². The van der Waals surface area contributed by atoms with Crippen molar-refractivity contribution in [2.24, 2.45) is 28.9 Å². The van der Waals surface area contributed by atoms with Gasteiger partial charge in [0.05, 0.1) is 11.1 Å². The summed E-state index contributed by atoms with van der Waals surface area (Å²) in [6, 6.07) is 9.39. The molecular weight excluding hydrogens is 436 g/mol. The van der Waals surface area contributed by atoms with Crippen LogP contribution in [-0.4, -0.2) is 37.2 Å². The summed E-state index contributed by atoms with van der Waals surface area (Å²) in [5.41, 5.74) is 7.76. The first-order valence-corrected chi connectivity index (χ1v) is 13.4. The van der Waals surface area contributed by atoms with E-state index < -0.39 is 9.84 Å². The van der Waals surface area contributed by atoms with E-state index in [4.69, 9.17) is 5.73 Å². The fourth-order valence-electron chi connectivity index (χ4n) is 6.59. The number of benzene rings is 1. The van der Waals surface area contributed by atoms with E-state index in [1.54, 1.807) is 24.3 Å². The SMILES string of the molecule is CS(=O)(=O)c1ccccc1CNc1ncc(C#N)c(NCC23CC4C[C@H](C2)C(N)[C@@H](C4)C3)n1. The fraction of sp³-hybridized carbons (Fsp3) is 0.542. The number of anilines is 2. The van der Waals surface area contributed by atoms with Crippen molar-refractivity contribution in [1.82, 2.24) is 9.97 Å². The van der Waals surface area contributed by atoms with E-state index in [1.165, 1.54) is 31.7 Å². The number of rotatable bonds is 7. The normalized spacial score (nSPS) is 30.1. The predicted molar refractivity (Wildman–Crippen MR) is 126 cm³/mol. The largest absolute Gasteiger partial charge is 0.368 e. The van der Waals surface area contributed by atoms with Gasteiger partial charge < -0.3 is 16.4 Å². The third-order valence-corrected chi connectivity index (χ3v) is 9.02. The maximum absolute atomic E-state index is 12.1. The van der Waals surface area contributed by atoms with Gasteiger partial charge in [0.1, 0.15) is 17.5 Å². The highest BCUT2D eigenvalue weighted by Crippen LogP contribution is 2.59. The first kappa shape index (κ1) is 22.1. The zero-order chi connectivity index (χ0) is 23.2. The third kappa shape index (κ3) is 4.30. The minimum Gasteiger partial charge on any atom is -0.368 e. The zero-order valence-corrected chi connectivity index (χ0v) is 19.6. The Labute approximate surface area is 194 Å². The maximum atomic E-state index is 12.1. The molecule has 1 aromatic carbocycles. The van der Waals surface area contributed by atoms with Crippen LogP contribution >= 0.6 is 0 Å². The second kappa shape index (κ2) is 8.26. The summed E-state index contributed by atoms with van der Waals surface area (Å²) in [5, 5.41) is 16.1. The Balaban J connectivity index is 1.30. The van der Waals surface area contributed by atoms with Gasteiger partial charge in [-0.25, -0.2) is 13.4 Å². The van der Waals surface area contributed by atoms with Gasteiger partial charge in [0, 0.05) is 25.4 Å². The maximum Gasteiger partial charge on any atom is 0.224 e. The Hall–Kier alpha value is -2.70. The molecule has 4 bridgehead atoms. The number of hydrogen-bond donors (Lipinski definition) is 3. The van der Waals surface area contributed by atoms with Crippen molar-refractivity contribution in [2.75, 3.05) is 23.4 Å². The second-order valence-corrected chi connectivity index (χ2v) is 12.2. The predicted octanol–water partition coefficient (Wildman–Crippen LogP) is 2.93. The molecule has 8 nitrogen and oxygen atoms in total. The van der Waals surface area contributed by atoms with E-state index in [0.717, 1.165) is 25.3 Å². The molecule has 1 aromatic heterocycles. The van der Waals surface area contributed by atoms with Crippen molar-refractivity contribution < 1.29 is 8.42 Å². The lowest BCUT2D eigenvalue weighted by molar-refractivity contribution is -0.0591. The molecule has 1 heterocycles. The minimum absolute atomic E-state index is 0.228. The summed E-state index contributed by atoms with van der Waals surface area (Å²) in [6.45, 7) is 1.05. The lowest BCUT2D eigenvalue weighted by atomic mass is 9.48. The van der Waals surface area contributed by atoms with Gasteiger partial charge in [-0.15, -0.1) is 0 Å². The monoisotopic (exact) mass is 466 g/mol. The van der Waals surface area contributed by atoms with Crippen molar-refractivity contribution in [3.05, 3.63) is 41.6 Å². The molecule has 5 atom stereocenters. The summed E-state index contributed by atoms with van der Waals surface area (Å²) in [5.74, 6) is 2.88. The summed E-state index contributed by atoms with van der Waals surface area (Å²) in [6.07, 6.45) is 8.75. The second-order valence-electron chi connectivity index (χ2n) is 10.2. The van der Waals surface area contributed by atoms with Crippen molar-refractivity contribution in [3.63, 3.8) is 0 Å². The molecule has 4 fully saturated rings. The molecule has 3 unspecified atom stereocenters. The summed E-state index contributed by atoms with van der Waals surface area (Å²) >= 11 is 0. The Morgan fingerprint density at radius 2 is 1.91 bits per heavy atom. The Kier molecular flexibility index (Phi) is 5.53. The highest BCUT2D eigenvalue weighted by atomic mass is 32.2. The van der Waals surface area contributed by atoms with Crippen LogP contribution < -0.4 is 16.4 Å². The number of nitrogens with one attached hydrogen (secondary N) is 2. The molecule has 9 heteroatoms. The van der Waals surface area contributed by atoms with E-state index in [-0.39, 0.29) is 16.9 Å². The average molecular weight is 467 g/mol. The number of nitriles is 1. The van der Waals surface area contributed by atoms with Gasteiger partial charge in [-0.05, 0) is 66.9 Å². The number of hydrogen-bond acceptors (Lipinski definition) is 8. The molecule has 0 radical (unpaired) electrons. The van der Waals surface area contributed by atoms with Crippen LogP contribution in [0.25, 0.3) is 0 Å². The smallest absolute Gasteiger partial charge is 0.224 e. The van der Waals surface area contributed by atoms with Gasteiger partial charge in [-0.3, -0.25) is 0 Å². The van der Waals surface area contributed by atoms with Gasteiger partial charge in [0.2, 0.25) is 5.95 Å². The van der Waals surface area contributed by atoms with E-state index >= 15 is 0 Å². The molecule has 0 aliphatic heterocycles. The summed E-state index contributed by atoms with van der Waals surface area (Å²) < 4.78 is 24.1. The van der Waals surface area contributed by atoms with Crippen molar-refractivity contribution >= 4 is 21.6 Å². The van der Waals surface area contributed by atoms with Crippen LogP contribution in [0.15, 0.2) is 35.4 Å². The Bertz CT molecular complexity index is 1190. The van der Waals surface area contributed by atoms with E-state index in [1.807, 2.05) is 0 Å². The number of sulfone groups is 1. The van der Waals surface area contributed by atoms with Crippen LogP contribution in [0.5, 0.6) is 0 Å². The van der Waals surface area contributed by atoms with Crippen LogP contribution in [0.4, 0.5) is 11.8 Å². The molecule has 0 saturated heterocycles. The van der Waals surface area contributed by atoms with Gasteiger partial charge in [0.25, 0.3) is 0 Å². The Morgan fingerprint density at radius 1 is 1.18 bits per heavy atom. The lowest BCUT2D eigenvalue weighted by Crippen LogP contribution is -2.58. The van der Waals surface area contributed by atoms with E-state index in [2.05, 4.69) is 26.7 Å². The number of aromatic nitrogens is 2. The quantitative estimate of drug-likeness (QED) is 0.567. The molecule has 4 saturated carbocycles. The van der Waals surface area contributed by atoms with Crippen molar-refractivity contribution in [3.8, 4) is 6.07 Å². The number of nitrogens with two attached hydrogens (primary N) is 1. The van der Waals surface area contributed by atoms with Crippen LogP contribution in [-0.2, 0) is 16.4 Å². The van der Waals surface area contributed by atoms with Gasteiger partial charge in [0.15, 0.2) is 9.84 Å². The summed E-state index contributed by atoms with van der Waals surface area (Å²) in [7, 11) is -3.34. The third-order valence-electron chi connectivity index (χ3n) is 7.82. The van der Waals surface area contributed by atoms with E-state index in [9.17, 15) is 13.7 Å². The molecule has 4 aliphatic rings. The molecule has 174 valence electrons. The molecule has 6 rings (SSSR count). The first-order chi connectivity index (χ1) is 15.8. The van der Waals surface area contributed by atoms with Gasteiger partial charge in [-0.2, -0.15) is 10.2 Å². The Morgan fingerprint density at radius 3 is 2.61 bits per heavy atom. The highest BCUT2D eigenvalue weighted by Gasteiger charge is 2.54. The van der Waals surface area contributed by atoms with Crippen LogP contribution in [0.1, 0.15) is 43.2 Å². The van der Waals surface area contributed by atoms with Gasteiger partial charge in [-0.1, -0.05) is 18.2 Å². The molecule has 33 heavy (non-hydrogen) atoms. The van der Waals surface area contributed by atoms with Crippen molar-refractivity contribution in [1.29, 1.82) is 5.26 Å². The molecule has 2 aromatic rings. The molecule has 0 spiro atoms. The van der Waals surface area contributed by atoms with Gasteiger partial charge >= 0.3 is 0 Å². The first-order valence-electron chi connectivity index (χ1n) is 11.5. The van der Waals surface area contributed by atoms with Crippen LogP contribution in [0, 0.1) is 34.5 Å². The highest BCUT2D eigenvalue weighted by molar-refractivity contribution is 7.90. The molecular formula is C24H30N6O2S. The van der Waals surface area contributed by atoms with Crippen LogP contribution in [0.2, 0.25) is 0 Å². The van der Waals surface area contributed by atoms with Crippen LogP contribution in [0.3, 0.4) is 0 Å².